The fourth-order valence-corrected chi connectivity index (χ4v) is 2.98. The van der Waals surface area contributed by atoms with Crippen LogP contribution in [0.2, 0.25) is 0 Å². The van der Waals surface area contributed by atoms with Gasteiger partial charge in [0.1, 0.15) is 5.75 Å². The Hall–Kier alpha value is -2.67. The van der Waals surface area contributed by atoms with Gasteiger partial charge in [-0.25, -0.2) is 14.6 Å². The zero-order valence-corrected chi connectivity index (χ0v) is 13.8. The van der Waals surface area contributed by atoms with Crippen LogP contribution in [0.4, 0.5) is 0 Å². The molecule has 3 aromatic heterocycles. The summed E-state index contributed by atoms with van der Waals surface area (Å²) in [5.74, 6) is 1.50. The molecule has 0 radical (unpaired) electrons. The number of halogens is 1. The zero-order valence-electron chi connectivity index (χ0n) is 12.2. The second kappa shape index (κ2) is 5.51. The fraction of sp³-hybridized carbons (Fsp3) is 0.0625. The van der Waals surface area contributed by atoms with Crippen LogP contribution in [0.15, 0.2) is 59.9 Å². The first kappa shape index (κ1) is 14.0. The molecule has 0 bridgehead atoms. The molecule has 4 rings (SSSR count). The predicted octanol–water partition coefficient (Wildman–Crippen LogP) is 3.38. The van der Waals surface area contributed by atoms with Gasteiger partial charge in [-0.3, -0.25) is 0 Å². The van der Waals surface area contributed by atoms with Crippen molar-refractivity contribution in [2.24, 2.45) is 0 Å². The van der Waals surface area contributed by atoms with Gasteiger partial charge in [-0.15, -0.1) is 0 Å². The Labute approximate surface area is 140 Å². The number of aromatic nitrogens is 5. The number of ether oxygens (including phenoxy) is 1. The van der Waals surface area contributed by atoms with E-state index in [9.17, 15) is 0 Å². The Morgan fingerprint density at radius 3 is 2.74 bits per heavy atom. The molecule has 0 aliphatic rings. The van der Waals surface area contributed by atoms with E-state index in [1.165, 1.54) is 0 Å². The highest BCUT2D eigenvalue weighted by Gasteiger charge is 2.12. The molecule has 0 spiro atoms. The maximum absolute atomic E-state index is 5.41. The first-order chi connectivity index (χ1) is 11.3. The highest BCUT2D eigenvalue weighted by Crippen LogP contribution is 2.33. The average molecular weight is 370 g/mol. The van der Waals surface area contributed by atoms with Gasteiger partial charge in [-0.1, -0.05) is 0 Å². The zero-order chi connectivity index (χ0) is 15.8. The minimum Gasteiger partial charge on any atom is -0.496 e. The lowest BCUT2D eigenvalue weighted by molar-refractivity contribution is 0.413. The quantitative estimate of drug-likeness (QED) is 0.555. The maximum Gasteiger partial charge on any atom is 0.156 e. The number of pyridine rings is 1. The smallest absolute Gasteiger partial charge is 0.156 e. The lowest BCUT2D eigenvalue weighted by atomic mass is 10.1. The topological polar surface area (TPSA) is 57.8 Å². The van der Waals surface area contributed by atoms with Crippen LogP contribution in [0.1, 0.15) is 0 Å². The Morgan fingerprint density at radius 1 is 1.13 bits per heavy atom. The van der Waals surface area contributed by atoms with Crippen LogP contribution >= 0.6 is 15.9 Å². The van der Waals surface area contributed by atoms with E-state index >= 15 is 0 Å². The molecule has 0 amide bonds. The summed E-state index contributed by atoms with van der Waals surface area (Å²) in [7, 11) is 1.65. The van der Waals surface area contributed by atoms with Crippen LogP contribution in [-0.2, 0) is 0 Å². The number of imidazole rings is 1. The third-order valence-corrected chi connectivity index (χ3v) is 4.19. The fourth-order valence-electron chi connectivity index (χ4n) is 2.49. The molecule has 1 aromatic carbocycles. The summed E-state index contributed by atoms with van der Waals surface area (Å²) in [6.07, 6.45) is 9.00. The summed E-state index contributed by atoms with van der Waals surface area (Å²) < 4.78 is 9.95. The van der Waals surface area contributed by atoms with E-state index in [1.54, 1.807) is 30.5 Å². The van der Waals surface area contributed by atoms with Crippen molar-refractivity contribution in [2.45, 2.75) is 0 Å². The van der Waals surface area contributed by atoms with E-state index in [-0.39, 0.29) is 0 Å². The van der Waals surface area contributed by atoms with Crippen molar-refractivity contribution in [2.75, 3.05) is 7.11 Å². The molecule has 0 atom stereocenters. The lowest BCUT2D eigenvalue weighted by Crippen LogP contribution is -2.02. The number of hydrogen-bond acceptors (Lipinski definition) is 4. The summed E-state index contributed by atoms with van der Waals surface area (Å²) in [6.45, 7) is 0. The normalized spacial score (nSPS) is 11.0. The minimum absolute atomic E-state index is 0.739. The lowest BCUT2D eigenvalue weighted by Gasteiger charge is -2.12. The summed E-state index contributed by atoms with van der Waals surface area (Å²) in [4.78, 5) is 8.84. The summed E-state index contributed by atoms with van der Waals surface area (Å²) >= 11 is 3.52. The van der Waals surface area contributed by atoms with E-state index in [0.717, 1.165) is 32.6 Å². The van der Waals surface area contributed by atoms with E-state index < -0.39 is 0 Å². The third kappa shape index (κ3) is 2.39. The molecular formula is C16H12BrN5O. The molecule has 3 heterocycles. The van der Waals surface area contributed by atoms with Crippen LogP contribution < -0.4 is 4.74 Å². The van der Waals surface area contributed by atoms with Gasteiger partial charge < -0.3 is 9.30 Å². The first-order valence-electron chi connectivity index (χ1n) is 6.93. The molecular weight excluding hydrogens is 358 g/mol. The Kier molecular flexibility index (Phi) is 3.34. The van der Waals surface area contributed by atoms with Crippen molar-refractivity contribution in [3.63, 3.8) is 0 Å². The van der Waals surface area contributed by atoms with Crippen LogP contribution in [0.3, 0.4) is 0 Å². The van der Waals surface area contributed by atoms with Crippen molar-refractivity contribution in [1.29, 1.82) is 0 Å². The van der Waals surface area contributed by atoms with Crippen LogP contribution in [0.25, 0.3) is 22.4 Å². The van der Waals surface area contributed by atoms with Gasteiger partial charge in [0.2, 0.25) is 0 Å². The molecule has 6 nitrogen and oxygen atoms in total. The monoisotopic (exact) mass is 369 g/mol. The molecule has 0 saturated carbocycles. The molecule has 0 N–H and O–H groups in total. The van der Waals surface area contributed by atoms with E-state index in [0.29, 0.717) is 0 Å². The molecule has 0 aliphatic heterocycles. The van der Waals surface area contributed by atoms with Gasteiger partial charge in [0, 0.05) is 36.2 Å². The number of nitrogens with zero attached hydrogens (tertiary/aromatic N) is 5. The molecule has 23 heavy (non-hydrogen) atoms. The van der Waals surface area contributed by atoms with Gasteiger partial charge in [0.05, 0.1) is 29.1 Å². The highest BCUT2D eigenvalue weighted by molar-refractivity contribution is 9.10. The van der Waals surface area contributed by atoms with Gasteiger partial charge >= 0.3 is 0 Å². The van der Waals surface area contributed by atoms with Crippen molar-refractivity contribution < 1.29 is 4.74 Å². The second-order valence-corrected chi connectivity index (χ2v) is 5.78. The standard InChI is InChI=1S/C16H12BrN5O/c1-23-15-7-11-13(8-12(15)17)20-16(22-5-2-3-19-22)9-14(11)21-6-4-18-10-21/h2-10H,1H3. The molecule has 114 valence electrons. The van der Waals surface area contributed by atoms with Crippen molar-refractivity contribution >= 4 is 26.8 Å². The summed E-state index contributed by atoms with van der Waals surface area (Å²) in [5.41, 5.74) is 1.80. The van der Waals surface area contributed by atoms with Crippen molar-refractivity contribution in [3.05, 3.63) is 59.9 Å². The largest absolute Gasteiger partial charge is 0.496 e. The van der Waals surface area contributed by atoms with Crippen LogP contribution in [0.5, 0.6) is 5.75 Å². The number of fused-ring (bicyclic) bond motifs is 1. The van der Waals surface area contributed by atoms with Gasteiger partial charge in [-0.05, 0) is 34.1 Å². The van der Waals surface area contributed by atoms with Gasteiger partial charge in [0.15, 0.2) is 5.82 Å². The predicted molar refractivity (Wildman–Crippen MR) is 90.2 cm³/mol. The summed E-state index contributed by atoms with van der Waals surface area (Å²) in [6, 6.07) is 7.76. The molecule has 0 aliphatic carbocycles. The third-order valence-electron chi connectivity index (χ3n) is 3.57. The SMILES string of the molecule is COc1cc2c(-n3ccnc3)cc(-n3cccn3)nc2cc1Br. The summed E-state index contributed by atoms with van der Waals surface area (Å²) in [5, 5.41) is 5.24. The molecule has 0 fully saturated rings. The van der Waals surface area contributed by atoms with E-state index in [1.807, 2.05) is 41.2 Å². The van der Waals surface area contributed by atoms with Crippen molar-refractivity contribution in [3.8, 4) is 17.3 Å². The second-order valence-electron chi connectivity index (χ2n) is 4.92. The number of benzene rings is 1. The van der Waals surface area contributed by atoms with Crippen LogP contribution in [0, 0.1) is 0 Å². The molecule has 7 heteroatoms. The Morgan fingerprint density at radius 2 is 2.04 bits per heavy atom. The van der Waals surface area contributed by atoms with E-state index in [4.69, 9.17) is 9.72 Å². The highest BCUT2D eigenvalue weighted by atomic mass is 79.9. The average Bonchev–Trinajstić information content (AvgIpc) is 3.26. The molecule has 4 aromatic rings. The molecule has 0 unspecified atom stereocenters. The number of methoxy groups -OCH3 is 1. The Balaban J connectivity index is 2.06. The van der Waals surface area contributed by atoms with Gasteiger partial charge in [0.25, 0.3) is 0 Å². The Bertz CT molecular complexity index is 964. The van der Waals surface area contributed by atoms with Crippen LogP contribution in [-0.4, -0.2) is 31.4 Å². The maximum atomic E-state index is 5.41. The number of hydrogen-bond donors (Lipinski definition) is 0. The molecule has 0 saturated heterocycles. The van der Waals surface area contributed by atoms with Crippen molar-refractivity contribution in [1.82, 2.24) is 24.3 Å². The number of rotatable bonds is 3. The van der Waals surface area contributed by atoms with E-state index in [2.05, 4.69) is 26.0 Å². The minimum atomic E-state index is 0.739. The first-order valence-corrected chi connectivity index (χ1v) is 7.72. The van der Waals surface area contributed by atoms with Gasteiger partial charge in [-0.2, -0.15) is 5.10 Å².